The Bertz CT molecular complexity index is 359. The zero-order valence-corrected chi connectivity index (χ0v) is 12.0. The minimum atomic E-state index is -0.405. The molecular formula is C14H24N2O3. The van der Waals surface area contributed by atoms with E-state index in [0.29, 0.717) is 18.9 Å². The topological polar surface area (TPSA) is 58.6 Å². The van der Waals surface area contributed by atoms with Gasteiger partial charge in [0.15, 0.2) is 0 Å². The van der Waals surface area contributed by atoms with E-state index in [2.05, 4.69) is 12.2 Å². The minimum absolute atomic E-state index is 0.0263. The number of carbonyl (C=O) groups excluding carboxylic acids is 2. The molecule has 2 fully saturated rings. The van der Waals surface area contributed by atoms with Gasteiger partial charge in [0.1, 0.15) is 12.1 Å². The van der Waals surface area contributed by atoms with Gasteiger partial charge in [-0.25, -0.2) is 0 Å². The monoisotopic (exact) mass is 268 g/mol. The number of carbonyl (C=O) groups is 2. The molecule has 0 aliphatic carbocycles. The first-order chi connectivity index (χ1) is 9.08. The standard InChI is InChI=1S/C14H24N2O3/c1-4-11-13(17)15-9(3)14(18)16(11)8-10-6-7-19-12(10)5-2/h9-12H,4-8H2,1-3H3,(H,15,17). The van der Waals surface area contributed by atoms with Crippen LogP contribution in [-0.4, -0.2) is 48.1 Å². The number of hydrogen-bond acceptors (Lipinski definition) is 3. The Balaban J connectivity index is 2.10. The van der Waals surface area contributed by atoms with E-state index < -0.39 is 6.04 Å². The average Bonchev–Trinajstić information content (AvgIpc) is 2.83. The highest BCUT2D eigenvalue weighted by Crippen LogP contribution is 2.26. The van der Waals surface area contributed by atoms with Gasteiger partial charge in [0.25, 0.3) is 0 Å². The van der Waals surface area contributed by atoms with Gasteiger partial charge < -0.3 is 15.0 Å². The maximum absolute atomic E-state index is 12.3. The Hall–Kier alpha value is -1.10. The summed E-state index contributed by atoms with van der Waals surface area (Å²) in [6.45, 7) is 7.22. The first-order valence-electron chi connectivity index (χ1n) is 7.30. The zero-order valence-electron chi connectivity index (χ0n) is 12.0. The third-order valence-corrected chi connectivity index (χ3v) is 4.26. The van der Waals surface area contributed by atoms with Gasteiger partial charge in [0, 0.05) is 19.1 Å². The molecule has 19 heavy (non-hydrogen) atoms. The van der Waals surface area contributed by atoms with E-state index in [-0.39, 0.29) is 24.0 Å². The van der Waals surface area contributed by atoms with Crippen LogP contribution in [0.25, 0.3) is 0 Å². The molecule has 108 valence electrons. The Labute approximate surface area is 114 Å². The number of piperazine rings is 1. The summed E-state index contributed by atoms with van der Waals surface area (Å²) in [5.74, 6) is 0.371. The van der Waals surface area contributed by atoms with Gasteiger partial charge >= 0.3 is 0 Å². The molecule has 0 aromatic carbocycles. The summed E-state index contributed by atoms with van der Waals surface area (Å²) >= 11 is 0. The van der Waals surface area contributed by atoms with Crippen molar-refractivity contribution < 1.29 is 14.3 Å². The first kappa shape index (κ1) is 14.3. The van der Waals surface area contributed by atoms with Crippen molar-refractivity contribution in [3.05, 3.63) is 0 Å². The number of rotatable bonds is 4. The molecule has 1 N–H and O–H groups in total. The molecule has 2 rings (SSSR count). The fraction of sp³-hybridized carbons (Fsp3) is 0.857. The van der Waals surface area contributed by atoms with Crippen molar-refractivity contribution in [3.63, 3.8) is 0 Å². The third kappa shape index (κ3) is 2.76. The Morgan fingerprint density at radius 2 is 2.05 bits per heavy atom. The lowest BCUT2D eigenvalue weighted by atomic mass is 9.96. The van der Waals surface area contributed by atoms with E-state index in [1.165, 1.54) is 0 Å². The van der Waals surface area contributed by atoms with Crippen molar-refractivity contribution in [1.82, 2.24) is 10.2 Å². The highest BCUT2D eigenvalue weighted by molar-refractivity contribution is 5.96. The largest absolute Gasteiger partial charge is 0.378 e. The summed E-state index contributed by atoms with van der Waals surface area (Å²) in [4.78, 5) is 26.0. The van der Waals surface area contributed by atoms with E-state index in [9.17, 15) is 9.59 Å². The molecule has 5 heteroatoms. The van der Waals surface area contributed by atoms with Crippen LogP contribution in [0.3, 0.4) is 0 Å². The summed E-state index contributed by atoms with van der Waals surface area (Å²) in [6.07, 6.45) is 2.83. The van der Waals surface area contributed by atoms with Gasteiger partial charge in [0.05, 0.1) is 6.10 Å². The molecule has 4 unspecified atom stereocenters. The van der Waals surface area contributed by atoms with Crippen LogP contribution in [-0.2, 0) is 14.3 Å². The third-order valence-electron chi connectivity index (χ3n) is 4.26. The van der Waals surface area contributed by atoms with Crippen LogP contribution >= 0.6 is 0 Å². The van der Waals surface area contributed by atoms with E-state index >= 15 is 0 Å². The van der Waals surface area contributed by atoms with Crippen LogP contribution in [0.5, 0.6) is 0 Å². The number of nitrogens with zero attached hydrogens (tertiary/aromatic N) is 1. The van der Waals surface area contributed by atoms with Crippen LogP contribution in [0.1, 0.15) is 40.0 Å². The zero-order chi connectivity index (χ0) is 14.0. The normalized spacial score (nSPS) is 35.6. The maximum atomic E-state index is 12.3. The Morgan fingerprint density at radius 3 is 2.68 bits per heavy atom. The molecule has 2 heterocycles. The minimum Gasteiger partial charge on any atom is -0.378 e. The lowest BCUT2D eigenvalue weighted by Crippen LogP contribution is -2.63. The van der Waals surface area contributed by atoms with Gasteiger partial charge in [-0.2, -0.15) is 0 Å². The van der Waals surface area contributed by atoms with Crippen LogP contribution in [0.4, 0.5) is 0 Å². The van der Waals surface area contributed by atoms with Gasteiger partial charge in [-0.3, -0.25) is 9.59 Å². The summed E-state index contributed by atoms with van der Waals surface area (Å²) in [5.41, 5.74) is 0. The second-order valence-corrected chi connectivity index (χ2v) is 5.51. The van der Waals surface area contributed by atoms with Crippen molar-refractivity contribution in [1.29, 1.82) is 0 Å². The van der Waals surface area contributed by atoms with E-state index in [1.807, 2.05) is 6.92 Å². The molecule has 2 amide bonds. The van der Waals surface area contributed by atoms with Gasteiger partial charge in [-0.1, -0.05) is 13.8 Å². The summed E-state index contributed by atoms with van der Waals surface area (Å²) < 4.78 is 5.68. The van der Waals surface area contributed by atoms with Gasteiger partial charge in [-0.15, -0.1) is 0 Å². The lowest BCUT2D eigenvalue weighted by Gasteiger charge is -2.39. The number of nitrogens with one attached hydrogen (secondary N) is 1. The van der Waals surface area contributed by atoms with Gasteiger partial charge in [-0.05, 0) is 26.2 Å². The Kier molecular flexibility index (Phi) is 4.45. The van der Waals surface area contributed by atoms with E-state index in [1.54, 1.807) is 11.8 Å². The fourth-order valence-corrected chi connectivity index (χ4v) is 3.14. The quantitative estimate of drug-likeness (QED) is 0.825. The smallest absolute Gasteiger partial charge is 0.245 e. The molecule has 0 bridgehead atoms. The second kappa shape index (κ2) is 5.90. The highest BCUT2D eigenvalue weighted by atomic mass is 16.5. The number of amides is 2. The molecular weight excluding hydrogens is 244 g/mol. The summed E-state index contributed by atoms with van der Waals surface area (Å²) in [5, 5.41) is 2.75. The predicted molar refractivity (Wildman–Crippen MR) is 71.5 cm³/mol. The number of hydrogen-bond donors (Lipinski definition) is 1. The first-order valence-corrected chi connectivity index (χ1v) is 7.30. The molecule has 0 radical (unpaired) electrons. The van der Waals surface area contributed by atoms with Crippen molar-refractivity contribution in [3.8, 4) is 0 Å². The van der Waals surface area contributed by atoms with Crippen molar-refractivity contribution >= 4 is 11.8 Å². The molecule has 4 atom stereocenters. The average molecular weight is 268 g/mol. The van der Waals surface area contributed by atoms with Crippen LogP contribution < -0.4 is 5.32 Å². The van der Waals surface area contributed by atoms with E-state index in [0.717, 1.165) is 19.4 Å². The molecule has 0 aromatic heterocycles. The molecule has 2 saturated heterocycles. The molecule has 2 aliphatic heterocycles. The molecule has 0 aromatic rings. The fourth-order valence-electron chi connectivity index (χ4n) is 3.14. The molecule has 5 nitrogen and oxygen atoms in total. The van der Waals surface area contributed by atoms with E-state index in [4.69, 9.17) is 4.74 Å². The second-order valence-electron chi connectivity index (χ2n) is 5.51. The summed E-state index contributed by atoms with van der Waals surface area (Å²) in [6, 6.07) is -0.723. The predicted octanol–water partition coefficient (Wildman–Crippen LogP) is 0.927. The molecule has 0 spiro atoms. The molecule has 0 saturated carbocycles. The highest BCUT2D eigenvalue weighted by Gasteiger charge is 2.40. The number of ether oxygens (including phenoxy) is 1. The SMILES string of the molecule is CCC1OCCC1CN1C(=O)C(C)NC(=O)C1CC. The van der Waals surface area contributed by atoms with Crippen molar-refractivity contribution in [2.24, 2.45) is 5.92 Å². The van der Waals surface area contributed by atoms with Crippen LogP contribution in [0.15, 0.2) is 0 Å². The molecule has 2 aliphatic rings. The van der Waals surface area contributed by atoms with Crippen molar-refractivity contribution in [2.45, 2.75) is 58.2 Å². The van der Waals surface area contributed by atoms with Gasteiger partial charge in [0.2, 0.25) is 11.8 Å². The lowest BCUT2D eigenvalue weighted by molar-refractivity contribution is -0.150. The Morgan fingerprint density at radius 1 is 1.32 bits per heavy atom. The maximum Gasteiger partial charge on any atom is 0.245 e. The summed E-state index contributed by atoms with van der Waals surface area (Å²) in [7, 11) is 0. The van der Waals surface area contributed by atoms with Crippen LogP contribution in [0, 0.1) is 5.92 Å². The van der Waals surface area contributed by atoms with Crippen LogP contribution in [0.2, 0.25) is 0 Å². The van der Waals surface area contributed by atoms with Crippen molar-refractivity contribution in [2.75, 3.05) is 13.2 Å².